The summed E-state index contributed by atoms with van der Waals surface area (Å²) in [4.78, 5) is 10.4. The molecule has 0 spiro atoms. The molecular weight excluding hydrogens is 276 g/mol. The van der Waals surface area contributed by atoms with E-state index in [0.717, 1.165) is 6.92 Å². The van der Waals surface area contributed by atoms with Crippen molar-refractivity contribution < 1.29 is 32.0 Å². The molecule has 1 atom stereocenters. The number of carboxylic acid groups (broad SMARTS) is 1. The zero-order chi connectivity index (χ0) is 14.6. The van der Waals surface area contributed by atoms with Crippen LogP contribution in [-0.4, -0.2) is 39.8 Å². The van der Waals surface area contributed by atoms with Gasteiger partial charge in [0.05, 0.1) is 14.2 Å². The lowest BCUT2D eigenvalue weighted by atomic mass is 10.3. The van der Waals surface area contributed by atoms with Gasteiger partial charge in [-0.3, -0.25) is 4.18 Å². The number of carboxylic acids is 1. The van der Waals surface area contributed by atoms with Crippen LogP contribution in [0.4, 0.5) is 0 Å². The molecule has 8 heteroatoms. The predicted molar refractivity (Wildman–Crippen MR) is 64.9 cm³/mol. The summed E-state index contributed by atoms with van der Waals surface area (Å²) in [6.07, 6.45) is -1.49. The zero-order valence-corrected chi connectivity index (χ0v) is 11.4. The average Bonchev–Trinajstić information content (AvgIpc) is 2.37. The fraction of sp³-hybridized carbons (Fsp3) is 0.364. The largest absolute Gasteiger partial charge is 0.497 e. The van der Waals surface area contributed by atoms with Gasteiger partial charge in [0.1, 0.15) is 16.4 Å². The van der Waals surface area contributed by atoms with Crippen molar-refractivity contribution in [2.75, 3.05) is 14.2 Å². The maximum absolute atomic E-state index is 11.9. The van der Waals surface area contributed by atoms with Gasteiger partial charge in [0.25, 0.3) is 0 Å². The first-order valence-corrected chi connectivity index (χ1v) is 6.60. The molecule has 0 amide bonds. The number of rotatable bonds is 6. The molecule has 0 aliphatic carbocycles. The van der Waals surface area contributed by atoms with Crippen LogP contribution < -0.4 is 9.47 Å². The van der Waals surface area contributed by atoms with Gasteiger partial charge in [-0.2, -0.15) is 8.42 Å². The molecular formula is C11H14O7S. The third-order valence-electron chi connectivity index (χ3n) is 2.26. The topological polar surface area (TPSA) is 99.1 Å². The van der Waals surface area contributed by atoms with E-state index in [1.807, 2.05) is 0 Å². The first-order chi connectivity index (χ1) is 8.81. The number of carbonyl (C=O) groups is 1. The van der Waals surface area contributed by atoms with E-state index in [2.05, 4.69) is 4.18 Å². The van der Waals surface area contributed by atoms with Crippen LogP contribution in [0.5, 0.6) is 11.5 Å². The highest BCUT2D eigenvalue weighted by Gasteiger charge is 2.26. The number of benzene rings is 1. The van der Waals surface area contributed by atoms with Crippen molar-refractivity contribution >= 4 is 16.1 Å². The van der Waals surface area contributed by atoms with Gasteiger partial charge in [-0.25, -0.2) is 4.79 Å². The second-order valence-corrected chi connectivity index (χ2v) is 5.09. The third-order valence-corrected chi connectivity index (χ3v) is 3.68. The molecule has 106 valence electrons. The van der Waals surface area contributed by atoms with Gasteiger partial charge in [-0.15, -0.1) is 0 Å². The van der Waals surface area contributed by atoms with Crippen LogP contribution in [0.3, 0.4) is 0 Å². The van der Waals surface area contributed by atoms with Gasteiger partial charge in [0.15, 0.2) is 6.10 Å². The summed E-state index contributed by atoms with van der Waals surface area (Å²) in [6.45, 7) is 1.12. The van der Waals surface area contributed by atoms with E-state index < -0.39 is 22.2 Å². The van der Waals surface area contributed by atoms with Crippen LogP contribution >= 0.6 is 0 Å². The Morgan fingerprint density at radius 2 is 1.89 bits per heavy atom. The molecule has 0 aromatic heterocycles. The average molecular weight is 290 g/mol. The Labute approximate surface area is 110 Å². The van der Waals surface area contributed by atoms with Crippen LogP contribution in [0, 0.1) is 0 Å². The van der Waals surface area contributed by atoms with E-state index in [0.29, 0.717) is 5.75 Å². The van der Waals surface area contributed by atoms with Crippen molar-refractivity contribution in [3.8, 4) is 11.5 Å². The Morgan fingerprint density at radius 3 is 2.37 bits per heavy atom. The molecule has 0 saturated heterocycles. The van der Waals surface area contributed by atoms with Crippen molar-refractivity contribution in [3.63, 3.8) is 0 Å². The minimum absolute atomic E-state index is 0.0111. The van der Waals surface area contributed by atoms with Crippen molar-refractivity contribution in [3.05, 3.63) is 18.2 Å². The lowest BCUT2D eigenvalue weighted by Crippen LogP contribution is -2.24. The molecule has 19 heavy (non-hydrogen) atoms. The highest BCUT2D eigenvalue weighted by atomic mass is 32.2. The Bertz CT molecular complexity index is 564. The molecule has 1 N–H and O–H groups in total. The smallest absolute Gasteiger partial charge is 0.334 e. The van der Waals surface area contributed by atoms with Gasteiger partial charge < -0.3 is 14.6 Å². The third kappa shape index (κ3) is 3.58. The van der Waals surface area contributed by atoms with Crippen LogP contribution in [-0.2, 0) is 19.1 Å². The first kappa shape index (κ1) is 15.3. The quantitative estimate of drug-likeness (QED) is 0.776. The molecule has 0 bridgehead atoms. The second kappa shape index (κ2) is 5.89. The molecule has 1 aromatic rings. The van der Waals surface area contributed by atoms with Gasteiger partial charge in [-0.1, -0.05) is 0 Å². The van der Waals surface area contributed by atoms with E-state index in [4.69, 9.17) is 14.6 Å². The lowest BCUT2D eigenvalue weighted by Gasteiger charge is -2.12. The minimum Gasteiger partial charge on any atom is -0.497 e. The van der Waals surface area contributed by atoms with Crippen LogP contribution in [0.1, 0.15) is 6.92 Å². The Balaban J connectivity index is 3.17. The summed E-state index contributed by atoms with van der Waals surface area (Å²) in [6, 6.07) is 3.99. The van der Waals surface area contributed by atoms with Crippen LogP contribution in [0.15, 0.2) is 23.1 Å². The molecule has 1 rings (SSSR count). The second-order valence-electron chi connectivity index (χ2n) is 3.55. The fourth-order valence-corrected chi connectivity index (χ4v) is 2.45. The van der Waals surface area contributed by atoms with E-state index >= 15 is 0 Å². The highest BCUT2D eigenvalue weighted by molar-refractivity contribution is 7.87. The van der Waals surface area contributed by atoms with Crippen molar-refractivity contribution in [1.82, 2.24) is 0 Å². The molecule has 1 unspecified atom stereocenters. The van der Waals surface area contributed by atoms with E-state index in [1.54, 1.807) is 0 Å². The van der Waals surface area contributed by atoms with E-state index in [1.165, 1.54) is 32.4 Å². The summed E-state index contributed by atoms with van der Waals surface area (Å²) >= 11 is 0. The van der Waals surface area contributed by atoms with Gasteiger partial charge in [-0.05, 0) is 19.1 Å². The number of aliphatic carboxylic acids is 1. The van der Waals surface area contributed by atoms with Gasteiger partial charge >= 0.3 is 16.1 Å². The summed E-state index contributed by atoms with van der Waals surface area (Å²) in [7, 11) is -1.52. The summed E-state index contributed by atoms with van der Waals surface area (Å²) in [5, 5.41) is 8.66. The summed E-state index contributed by atoms with van der Waals surface area (Å²) < 4.78 is 38.3. The Hall–Kier alpha value is -1.80. The monoisotopic (exact) mass is 290 g/mol. The van der Waals surface area contributed by atoms with Gasteiger partial charge in [0, 0.05) is 6.07 Å². The number of hydrogen-bond donors (Lipinski definition) is 1. The summed E-state index contributed by atoms with van der Waals surface area (Å²) in [5.41, 5.74) is 0. The number of ether oxygens (including phenoxy) is 2. The lowest BCUT2D eigenvalue weighted by molar-refractivity contribution is -0.144. The molecule has 0 radical (unpaired) electrons. The van der Waals surface area contributed by atoms with Gasteiger partial charge in [0.2, 0.25) is 0 Å². The van der Waals surface area contributed by atoms with Crippen molar-refractivity contribution in [2.45, 2.75) is 17.9 Å². The van der Waals surface area contributed by atoms with Crippen molar-refractivity contribution in [1.29, 1.82) is 0 Å². The maximum Gasteiger partial charge on any atom is 0.334 e. The van der Waals surface area contributed by atoms with E-state index in [-0.39, 0.29) is 10.6 Å². The van der Waals surface area contributed by atoms with Crippen LogP contribution in [0.2, 0.25) is 0 Å². The maximum atomic E-state index is 11.9. The zero-order valence-electron chi connectivity index (χ0n) is 10.6. The standard InChI is InChI=1S/C11H14O7S/c1-7(11(12)13)18-19(14,15)10-5-4-8(16-2)6-9(10)17-3/h4-7H,1-3H3,(H,12,13). The molecule has 0 aliphatic rings. The molecule has 0 heterocycles. The van der Waals surface area contributed by atoms with E-state index in [9.17, 15) is 13.2 Å². The molecule has 0 aliphatic heterocycles. The van der Waals surface area contributed by atoms with Crippen LogP contribution in [0.25, 0.3) is 0 Å². The molecule has 0 fully saturated rings. The minimum atomic E-state index is -4.23. The predicted octanol–water partition coefficient (Wildman–Crippen LogP) is 0.882. The molecule has 1 aromatic carbocycles. The summed E-state index contributed by atoms with van der Waals surface area (Å²) in [5.74, 6) is -0.963. The van der Waals surface area contributed by atoms with Crippen molar-refractivity contribution in [2.24, 2.45) is 0 Å². The highest BCUT2D eigenvalue weighted by Crippen LogP contribution is 2.30. The Morgan fingerprint density at radius 1 is 1.26 bits per heavy atom. The normalized spacial score (nSPS) is 12.8. The fourth-order valence-electron chi connectivity index (χ4n) is 1.26. The Kier molecular flexibility index (Phi) is 4.73. The molecule has 7 nitrogen and oxygen atoms in total. The number of hydrogen-bond acceptors (Lipinski definition) is 6. The first-order valence-electron chi connectivity index (χ1n) is 5.20. The SMILES string of the molecule is COc1ccc(S(=O)(=O)OC(C)C(=O)O)c(OC)c1. The number of methoxy groups -OCH3 is 2. The molecule has 0 saturated carbocycles.